The Bertz CT molecular complexity index is 726. The molecule has 1 N–H and O–H groups in total. The van der Waals surface area contributed by atoms with E-state index in [2.05, 4.69) is 0 Å². The van der Waals surface area contributed by atoms with Gasteiger partial charge in [-0.3, -0.25) is 0 Å². The molecule has 2 nitrogen and oxygen atoms in total. The first-order valence-corrected chi connectivity index (χ1v) is 7.25. The molecule has 0 saturated carbocycles. The smallest absolute Gasteiger partial charge is 0.382 e. The molecule has 0 unspecified atom stereocenters. The number of anilines is 2. The molecule has 0 spiro atoms. The summed E-state index contributed by atoms with van der Waals surface area (Å²) in [5, 5.41) is 9.39. The molecule has 8 heteroatoms. The van der Waals surface area contributed by atoms with Crippen LogP contribution in [0.3, 0.4) is 0 Å². The Morgan fingerprint density at radius 2 is 1.48 bits per heavy atom. The van der Waals surface area contributed by atoms with E-state index >= 15 is 0 Å². The number of rotatable bonds is 4. The third-order valence-electron chi connectivity index (χ3n) is 3.53. The van der Waals surface area contributed by atoms with Gasteiger partial charge in [0.1, 0.15) is 0 Å². The number of alkyl halides is 6. The third kappa shape index (κ3) is 4.88. The van der Waals surface area contributed by atoms with Crippen molar-refractivity contribution < 1.29 is 31.4 Å². The number of hydrogen-bond donors (Lipinski definition) is 1. The van der Waals surface area contributed by atoms with E-state index in [9.17, 15) is 31.4 Å². The predicted molar refractivity (Wildman–Crippen MR) is 81.7 cm³/mol. The van der Waals surface area contributed by atoms with Gasteiger partial charge in [-0.1, -0.05) is 18.2 Å². The Hall–Kier alpha value is -2.22. The van der Waals surface area contributed by atoms with Crippen LogP contribution in [0.25, 0.3) is 0 Å². The van der Waals surface area contributed by atoms with Crippen molar-refractivity contribution in [1.82, 2.24) is 0 Å². The third-order valence-corrected chi connectivity index (χ3v) is 3.53. The van der Waals surface area contributed by atoms with Crippen molar-refractivity contribution in [1.29, 1.82) is 0 Å². The van der Waals surface area contributed by atoms with Gasteiger partial charge in [-0.25, -0.2) is 0 Å². The van der Waals surface area contributed by atoms with Crippen LogP contribution < -0.4 is 4.90 Å². The van der Waals surface area contributed by atoms with Crippen molar-refractivity contribution in [2.24, 2.45) is 0 Å². The van der Waals surface area contributed by atoms with Gasteiger partial charge in [-0.05, 0) is 42.8 Å². The zero-order valence-electron chi connectivity index (χ0n) is 13.1. The van der Waals surface area contributed by atoms with Gasteiger partial charge in [0.2, 0.25) is 0 Å². The van der Waals surface area contributed by atoms with Gasteiger partial charge in [0.05, 0.1) is 12.1 Å². The van der Waals surface area contributed by atoms with Gasteiger partial charge in [0.25, 0.3) is 0 Å². The van der Waals surface area contributed by atoms with Crippen molar-refractivity contribution in [3.05, 3.63) is 59.7 Å². The van der Waals surface area contributed by atoms with Crippen LogP contribution >= 0.6 is 0 Å². The molecule has 0 fully saturated rings. The van der Waals surface area contributed by atoms with Crippen LogP contribution in [0.1, 0.15) is 11.1 Å². The fourth-order valence-electron chi connectivity index (χ4n) is 2.28. The Labute approximate surface area is 140 Å². The van der Waals surface area contributed by atoms with E-state index < -0.39 is 30.6 Å². The maximum atomic E-state index is 12.9. The van der Waals surface area contributed by atoms with E-state index in [0.717, 1.165) is 28.7 Å². The number of aliphatic hydroxyl groups is 1. The first kappa shape index (κ1) is 19.1. The number of aliphatic hydroxyl groups excluding tert-OH is 1. The van der Waals surface area contributed by atoms with Gasteiger partial charge < -0.3 is 10.0 Å². The second kappa shape index (κ2) is 6.95. The standard InChI is InChI=1S/C17H15F6NO/c1-11-4-2-6-13(8-11)24(10-15(25)17(21,22)23)14-7-3-5-12(9-14)16(18,19)20/h2-9,15,25H,10H2,1H3/t15-/m1/s1. The van der Waals surface area contributed by atoms with Crippen LogP contribution in [0.2, 0.25) is 0 Å². The Morgan fingerprint density at radius 3 is 2.00 bits per heavy atom. The molecular formula is C17H15F6NO. The summed E-state index contributed by atoms with van der Waals surface area (Å²) in [4.78, 5) is 1.01. The topological polar surface area (TPSA) is 23.5 Å². The summed E-state index contributed by atoms with van der Waals surface area (Å²) in [6.45, 7) is 0.780. The van der Waals surface area contributed by atoms with Crippen molar-refractivity contribution in [3.63, 3.8) is 0 Å². The maximum Gasteiger partial charge on any atom is 0.416 e. The minimum Gasteiger partial charge on any atom is -0.382 e. The number of halogens is 6. The zero-order chi connectivity index (χ0) is 18.8. The molecule has 0 aliphatic heterocycles. The molecule has 2 aromatic rings. The van der Waals surface area contributed by atoms with Crippen LogP contribution in [0.15, 0.2) is 48.5 Å². The maximum absolute atomic E-state index is 12.9. The lowest BCUT2D eigenvalue weighted by Gasteiger charge is -2.29. The second-order valence-corrected chi connectivity index (χ2v) is 5.56. The first-order chi connectivity index (χ1) is 11.5. The molecule has 2 aromatic carbocycles. The fraction of sp³-hybridized carbons (Fsp3) is 0.294. The van der Waals surface area contributed by atoms with Crippen molar-refractivity contribution in [3.8, 4) is 0 Å². The minimum absolute atomic E-state index is 0.0938. The van der Waals surface area contributed by atoms with Gasteiger partial charge in [-0.15, -0.1) is 0 Å². The van der Waals surface area contributed by atoms with E-state index in [1.165, 1.54) is 18.2 Å². The molecule has 25 heavy (non-hydrogen) atoms. The molecule has 0 aromatic heterocycles. The van der Waals surface area contributed by atoms with Gasteiger partial charge in [-0.2, -0.15) is 26.3 Å². The number of benzene rings is 2. The Balaban J connectivity index is 2.48. The van der Waals surface area contributed by atoms with Crippen molar-refractivity contribution in [2.45, 2.75) is 25.4 Å². The molecule has 2 rings (SSSR count). The molecule has 0 radical (unpaired) electrons. The summed E-state index contributed by atoms with van der Waals surface area (Å²) >= 11 is 0. The normalized spacial score (nSPS) is 13.6. The molecular weight excluding hydrogens is 348 g/mol. The summed E-state index contributed by atoms with van der Waals surface area (Å²) in [6.07, 6.45) is -12.2. The van der Waals surface area contributed by atoms with Crippen molar-refractivity contribution in [2.75, 3.05) is 11.4 Å². The van der Waals surface area contributed by atoms with Crippen LogP contribution in [0.4, 0.5) is 37.7 Å². The van der Waals surface area contributed by atoms with Crippen LogP contribution in [-0.2, 0) is 6.18 Å². The van der Waals surface area contributed by atoms with E-state index in [1.807, 2.05) is 0 Å². The number of nitrogens with zero attached hydrogens (tertiary/aromatic N) is 1. The molecule has 1 atom stereocenters. The summed E-state index contributed by atoms with van der Waals surface area (Å²) in [7, 11) is 0. The highest BCUT2D eigenvalue weighted by atomic mass is 19.4. The molecule has 136 valence electrons. The van der Waals surface area contributed by atoms with Crippen molar-refractivity contribution >= 4 is 11.4 Å². The van der Waals surface area contributed by atoms with Gasteiger partial charge >= 0.3 is 12.4 Å². The SMILES string of the molecule is Cc1cccc(N(C[C@@H](O)C(F)(F)F)c2cccc(C(F)(F)F)c2)c1. The second-order valence-electron chi connectivity index (χ2n) is 5.56. The van der Waals surface area contributed by atoms with E-state index in [-0.39, 0.29) is 11.4 Å². The Morgan fingerprint density at radius 1 is 0.920 bits per heavy atom. The predicted octanol–water partition coefficient (Wildman–Crippen LogP) is 5.08. The highest BCUT2D eigenvalue weighted by Gasteiger charge is 2.40. The lowest BCUT2D eigenvalue weighted by Crippen LogP contribution is -2.39. The number of hydrogen-bond acceptors (Lipinski definition) is 2. The van der Waals surface area contributed by atoms with E-state index in [4.69, 9.17) is 0 Å². The van der Waals surface area contributed by atoms with Gasteiger partial charge in [0.15, 0.2) is 6.10 Å². The summed E-state index contributed by atoms with van der Waals surface area (Å²) in [5.41, 5.74) is -0.105. The van der Waals surface area contributed by atoms with Crippen LogP contribution in [0, 0.1) is 6.92 Å². The highest BCUT2D eigenvalue weighted by molar-refractivity contribution is 5.64. The lowest BCUT2D eigenvalue weighted by atomic mass is 10.1. The molecule has 0 aliphatic rings. The lowest BCUT2D eigenvalue weighted by molar-refractivity contribution is -0.199. The minimum atomic E-state index is -4.89. The Kier molecular flexibility index (Phi) is 5.31. The summed E-state index contributed by atoms with van der Waals surface area (Å²) < 4.78 is 76.9. The zero-order valence-corrected chi connectivity index (χ0v) is 13.1. The average molecular weight is 363 g/mol. The van der Waals surface area contributed by atoms with Crippen LogP contribution in [-0.4, -0.2) is 23.9 Å². The molecule has 0 aliphatic carbocycles. The fourth-order valence-corrected chi connectivity index (χ4v) is 2.28. The largest absolute Gasteiger partial charge is 0.416 e. The molecule has 0 heterocycles. The molecule has 0 saturated heterocycles. The quantitative estimate of drug-likeness (QED) is 0.767. The highest BCUT2D eigenvalue weighted by Crippen LogP contribution is 2.35. The monoisotopic (exact) mass is 363 g/mol. The average Bonchev–Trinajstić information content (AvgIpc) is 2.50. The van der Waals surface area contributed by atoms with E-state index in [0.29, 0.717) is 0 Å². The first-order valence-electron chi connectivity index (χ1n) is 7.25. The summed E-state index contributed by atoms with van der Waals surface area (Å²) in [6, 6.07) is 10.2. The van der Waals surface area contributed by atoms with Gasteiger partial charge in [0, 0.05) is 11.4 Å². The van der Waals surface area contributed by atoms with E-state index in [1.54, 1.807) is 19.1 Å². The molecule has 0 bridgehead atoms. The number of aryl methyl sites for hydroxylation is 1. The molecule has 0 amide bonds. The summed E-state index contributed by atoms with van der Waals surface area (Å²) in [5.74, 6) is 0. The van der Waals surface area contributed by atoms with Crippen LogP contribution in [0.5, 0.6) is 0 Å².